The molecule has 22 heavy (non-hydrogen) atoms. The van der Waals surface area contributed by atoms with Gasteiger partial charge in [0.1, 0.15) is 5.60 Å². The molecule has 2 rings (SSSR count). The quantitative estimate of drug-likeness (QED) is 0.730. The van der Waals surface area contributed by atoms with Crippen molar-refractivity contribution in [2.75, 3.05) is 13.1 Å². The van der Waals surface area contributed by atoms with Crippen molar-refractivity contribution in [2.45, 2.75) is 83.0 Å². The van der Waals surface area contributed by atoms with Gasteiger partial charge in [-0.05, 0) is 58.8 Å². The predicted octanol–water partition coefficient (Wildman–Crippen LogP) is 2.57. The van der Waals surface area contributed by atoms with E-state index in [9.17, 15) is 9.90 Å². The Kier molecular flexibility index (Phi) is 5.72. The summed E-state index contributed by atoms with van der Waals surface area (Å²) in [5, 5.41) is 16.7. The fourth-order valence-corrected chi connectivity index (χ4v) is 3.33. The van der Waals surface area contributed by atoms with Gasteiger partial charge < -0.3 is 20.5 Å². The normalized spacial score (nSPS) is 27.8. The van der Waals surface area contributed by atoms with E-state index in [0.29, 0.717) is 25.0 Å². The molecule has 0 aromatic rings. The fourth-order valence-electron chi connectivity index (χ4n) is 3.33. The van der Waals surface area contributed by atoms with Gasteiger partial charge in [0.05, 0.1) is 5.60 Å². The molecular weight excluding hydrogens is 280 g/mol. The number of carbonyl (C=O) groups is 1. The van der Waals surface area contributed by atoms with Crippen LogP contribution >= 0.6 is 0 Å². The Labute approximate surface area is 134 Å². The van der Waals surface area contributed by atoms with Crippen molar-refractivity contribution in [3.05, 3.63) is 0 Å². The molecule has 0 heterocycles. The predicted molar refractivity (Wildman–Crippen MR) is 86.8 cm³/mol. The second-order valence-electron chi connectivity index (χ2n) is 7.99. The second kappa shape index (κ2) is 7.18. The first-order valence-electron chi connectivity index (χ1n) is 8.70. The van der Waals surface area contributed by atoms with E-state index in [0.717, 1.165) is 32.1 Å². The van der Waals surface area contributed by atoms with Gasteiger partial charge in [-0.3, -0.25) is 0 Å². The zero-order valence-electron chi connectivity index (χ0n) is 14.3. The molecule has 0 saturated heterocycles. The van der Waals surface area contributed by atoms with E-state index in [1.54, 1.807) is 0 Å². The number of amides is 1. The summed E-state index contributed by atoms with van der Waals surface area (Å²) in [6.07, 6.45) is 7.28. The standard InChI is InChI=1S/C17H32N2O3/c1-16(2,3)22-15(20)18-11-13-7-4-5-8-14(13)19-12-17(21)9-6-10-17/h13-14,19,21H,4-12H2,1-3H3,(H,18,20). The van der Waals surface area contributed by atoms with Gasteiger partial charge in [0.15, 0.2) is 0 Å². The lowest BCUT2D eigenvalue weighted by atomic mass is 9.79. The Morgan fingerprint density at radius 2 is 1.91 bits per heavy atom. The monoisotopic (exact) mass is 312 g/mol. The van der Waals surface area contributed by atoms with Gasteiger partial charge in [-0.1, -0.05) is 12.8 Å². The number of rotatable bonds is 5. The molecule has 3 N–H and O–H groups in total. The van der Waals surface area contributed by atoms with Crippen LogP contribution in [0.1, 0.15) is 65.7 Å². The molecule has 5 nitrogen and oxygen atoms in total. The van der Waals surface area contributed by atoms with E-state index < -0.39 is 11.2 Å². The van der Waals surface area contributed by atoms with Crippen molar-refractivity contribution >= 4 is 6.09 Å². The highest BCUT2D eigenvalue weighted by molar-refractivity contribution is 5.67. The number of hydrogen-bond donors (Lipinski definition) is 3. The van der Waals surface area contributed by atoms with Crippen molar-refractivity contribution in [1.29, 1.82) is 0 Å². The van der Waals surface area contributed by atoms with E-state index >= 15 is 0 Å². The molecule has 2 atom stereocenters. The van der Waals surface area contributed by atoms with E-state index in [1.165, 1.54) is 12.8 Å². The van der Waals surface area contributed by atoms with Gasteiger partial charge in [0.2, 0.25) is 0 Å². The van der Waals surface area contributed by atoms with Gasteiger partial charge in [-0.15, -0.1) is 0 Å². The van der Waals surface area contributed by atoms with E-state index in [-0.39, 0.29) is 6.09 Å². The molecule has 0 aliphatic heterocycles. The number of hydrogen-bond acceptors (Lipinski definition) is 4. The Morgan fingerprint density at radius 3 is 2.50 bits per heavy atom. The minimum absolute atomic E-state index is 0.338. The Balaban J connectivity index is 1.75. The smallest absolute Gasteiger partial charge is 0.407 e. The highest BCUT2D eigenvalue weighted by atomic mass is 16.6. The summed E-state index contributed by atoms with van der Waals surface area (Å²) < 4.78 is 5.29. The molecule has 1 amide bonds. The van der Waals surface area contributed by atoms with Crippen molar-refractivity contribution < 1.29 is 14.6 Å². The fraction of sp³-hybridized carbons (Fsp3) is 0.941. The summed E-state index contributed by atoms with van der Waals surface area (Å²) in [4.78, 5) is 11.8. The minimum atomic E-state index is -0.486. The number of carbonyl (C=O) groups excluding carboxylic acids is 1. The summed E-state index contributed by atoms with van der Waals surface area (Å²) in [6.45, 7) is 6.94. The summed E-state index contributed by atoms with van der Waals surface area (Å²) in [6, 6.07) is 0.383. The maximum absolute atomic E-state index is 11.8. The van der Waals surface area contributed by atoms with Gasteiger partial charge in [0.25, 0.3) is 0 Å². The van der Waals surface area contributed by atoms with E-state index in [1.807, 2.05) is 20.8 Å². The Morgan fingerprint density at radius 1 is 1.23 bits per heavy atom. The SMILES string of the molecule is CC(C)(C)OC(=O)NCC1CCCCC1NCC1(O)CCC1. The molecule has 2 unspecified atom stereocenters. The Hall–Kier alpha value is -0.810. The first kappa shape index (κ1) is 17.5. The number of ether oxygens (including phenoxy) is 1. The van der Waals surface area contributed by atoms with Gasteiger partial charge >= 0.3 is 6.09 Å². The minimum Gasteiger partial charge on any atom is -0.444 e. The molecule has 2 aliphatic carbocycles. The lowest BCUT2D eigenvalue weighted by Crippen LogP contribution is -2.52. The number of alkyl carbamates (subject to hydrolysis) is 1. The third-order valence-electron chi connectivity index (χ3n) is 4.79. The lowest BCUT2D eigenvalue weighted by Gasteiger charge is -2.40. The highest BCUT2D eigenvalue weighted by Crippen LogP contribution is 2.32. The largest absolute Gasteiger partial charge is 0.444 e. The average Bonchev–Trinajstić information content (AvgIpc) is 2.40. The second-order valence-corrected chi connectivity index (χ2v) is 7.99. The van der Waals surface area contributed by atoms with Gasteiger partial charge in [-0.2, -0.15) is 0 Å². The molecule has 0 spiro atoms. The van der Waals surface area contributed by atoms with Crippen LogP contribution in [0.15, 0.2) is 0 Å². The highest BCUT2D eigenvalue weighted by Gasteiger charge is 2.36. The van der Waals surface area contributed by atoms with Crippen LogP contribution in [-0.4, -0.2) is 41.5 Å². The van der Waals surface area contributed by atoms with Crippen LogP contribution in [0.2, 0.25) is 0 Å². The zero-order valence-corrected chi connectivity index (χ0v) is 14.3. The number of nitrogens with one attached hydrogen (secondary N) is 2. The molecule has 5 heteroatoms. The van der Waals surface area contributed by atoms with Crippen LogP contribution < -0.4 is 10.6 Å². The molecule has 2 aliphatic rings. The van der Waals surface area contributed by atoms with Crippen LogP contribution in [0, 0.1) is 5.92 Å². The Bertz CT molecular complexity index is 375. The van der Waals surface area contributed by atoms with Crippen LogP contribution in [0.3, 0.4) is 0 Å². The summed E-state index contributed by atoms with van der Waals surface area (Å²) in [5.41, 5.74) is -0.942. The van der Waals surface area contributed by atoms with Crippen LogP contribution in [-0.2, 0) is 4.74 Å². The third kappa shape index (κ3) is 5.43. The number of aliphatic hydroxyl groups is 1. The summed E-state index contributed by atoms with van der Waals surface area (Å²) in [5.74, 6) is 0.421. The molecule has 0 radical (unpaired) electrons. The van der Waals surface area contributed by atoms with Crippen molar-refractivity contribution in [3.63, 3.8) is 0 Å². The van der Waals surface area contributed by atoms with E-state index in [2.05, 4.69) is 10.6 Å². The summed E-state index contributed by atoms with van der Waals surface area (Å²) in [7, 11) is 0. The maximum atomic E-state index is 11.8. The van der Waals surface area contributed by atoms with Gasteiger partial charge in [0, 0.05) is 19.1 Å². The molecule has 128 valence electrons. The first-order valence-corrected chi connectivity index (χ1v) is 8.70. The van der Waals surface area contributed by atoms with E-state index in [4.69, 9.17) is 4.74 Å². The van der Waals surface area contributed by atoms with Gasteiger partial charge in [-0.25, -0.2) is 4.79 Å². The van der Waals surface area contributed by atoms with Crippen LogP contribution in [0.25, 0.3) is 0 Å². The maximum Gasteiger partial charge on any atom is 0.407 e. The zero-order chi connectivity index (χ0) is 16.2. The van der Waals surface area contributed by atoms with Crippen molar-refractivity contribution in [2.24, 2.45) is 5.92 Å². The topological polar surface area (TPSA) is 70.6 Å². The van der Waals surface area contributed by atoms with Crippen LogP contribution in [0.4, 0.5) is 4.79 Å². The van der Waals surface area contributed by atoms with Crippen LogP contribution in [0.5, 0.6) is 0 Å². The molecule has 0 aromatic carbocycles. The first-order chi connectivity index (χ1) is 10.3. The molecule has 2 fully saturated rings. The summed E-state index contributed by atoms with van der Waals surface area (Å²) >= 11 is 0. The molecule has 0 aromatic heterocycles. The lowest BCUT2D eigenvalue weighted by molar-refractivity contribution is -0.0355. The third-order valence-corrected chi connectivity index (χ3v) is 4.79. The molecular formula is C17H32N2O3. The molecule has 2 saturated carbocycles. The van der Waals surface area contributed by atoms with Crippen molar-refractivity contribution in [1.82, 2.24) is 10.6 Å². The molecule has 0 bridgehead atoms. The average molecular weight is 312 g/mol. The van der Waals surface area contributed by atoms with Crippen molar-refractivity contribution in [3.8, 4) is 0 Å².